The number of unbranched alkanes of at least 4 members (excludes halogenated alkanes) is 41. The standard InChI is InChI=1S/C72H135N2O6P/c1-6-8-10-12-14-16-18-20-22-24-26-28-30-32-33-34-35-36-37-38-39-40-41-42-44-46-48-50-52-54-56-58-60-62-64-66-72(76)73-70(69-80-81(77,78)79-68-67-74(3,4)5)71(75)65-63-61-59-57-55-53-51-49-47-45-43-31-29-27-25-23-21-19-17-15-13-11-9-7-2/h8,10,14,16,20,22,26,28,32-33,63,65,70-71,75H,6-7,9,11-13,15,17-19,21,23-25,27,29-31,34-62,64,66-69H2,1-5H3,(H-,73,76,77,78)/p+1/b10-8-,16-14-,22-20-,28-26-,33-32-,65-63+. The quantitative estimate of drug-likeness (QED) is 0.0243. The Kier molecular flexibility index (Phi) is 60.9. The molecular weight excluding hydrogens is 1020 g/mol. The van der Waals surface area contributed by atoms with Gasteiger partial charge in [0, 0.05) is 6.42 Å². The summed E-state index contributed by atoms with van der Waals surface area (Å²) in [4.78, 5) is 23.4. The zero-order chi connectivity index (χ0) is 59.1. The summed E-state index contributed by atoms with van der Waals surface area (Å²) in [6.07, 6.45) is 87.6. The number of carbonyl (C=O) groups is 1. The number of phosphoric acid groups is 1. The van der Waals surface area contributed by atoms with E-state index in [1.807, 2.05) is 27.2 Å². The van der Waals surface area contributed by atoms with Crippen molar-refractivity contribution in [3.05, 3.63) is 72.9 Å². The number of aliphatic hydroxyl groups excluding tert-OH is 1. The van der Waals surface area contributed by atoms with Crippen LogP contribution in [0.15, 0.2) is 72.9 Å². The van der Waals surface area contributed by atoms with Crippen molar-refractivity contribution in [2.75, 3.05) is 40.9 Å². The Morgan fingerprint density at radius 3 is 1.09 bits per heavy atom. The first-order chi connectivity index (χ1) is 39.5. The minimum Gasteiger partial charge on any atom is -0.387 e. The Morgan fingerprint density at radius 2 is 0.741 bits per heavy atom. The second-order valence-electron chi connectivity index (χ2n) is 24.9. The lowest BCUT2D eigenvalue weighted by Gasteiger charge is -2.25. The molecule has 0 aromatic rings. The fourth-order valence-electron chi connectivity index (χ4n) is 10.3. The van der Waals surface area contributed by atoms with Crippen LogP contribution in [0.5, 0.6) is 0 Å². The van der Waals surface area contributed by atoms with Crippen molar-refractivity contribution < 1.29 is 32.9 Å². The zero-order valence-corrected chi connectivity index (χ0v) is 55.2. The molecule has 0 bridgehead atoms. The van der Waals surface area contributed by atoms with E-state index in [2.05, 4.69) is 79.9 Å². The molecule has 9 heteroatoms. The molecule has 1 amide bonds. The number of phosphoric ester groups is 1. The number of aliphatic hydroxyl groups is 1. The molecule has 0 saturated carbocycles. The number of nitrogens with one attached hydrogen (secondary N) is 1. The predicted molar refractivity (Wildman–Crippen MR) is 355 cm³/mol. The smallest absolute Gasteiger partial charge is 0.387 e. The summed E-state index contributed by atoms with van der Waals surface area (Å²) in [6, 6.07) is -0.849. The van der Waals surface area contributed by atoms with Crippen molar-refractivity contribution in [3.8, 4) is 0 Å². The Morgan fingerprint density at radius 1 is 0.432 bits per heavy atom. The molecule has 0 spiro atoms. The molecular formula is C72H136N2O6P+. The summed E-state index contributed by atoms with van der Waals surface area (Å²) in [7, 11) is 1.58. The van der Waals surface area contributed by atoms with E-state index >= 15 is 0 Å². The second kappa shape index (κ2) is 62.5. The number of carbonyl (C=O) groups excluding carboxylic acids is 1. The molecule has 0 aromatic heterocycles. The highest BCUT2D eigenvalue weighted by molar-refractivity contribution is 7.47. The number of hydrogen-bond acceptors (Lipinski definition) is 5. The molecule has 0 aromatic carbocycles. The number of nitrogens with zero attached hydrogens (tertiary/aromatic N) is 1. The zero-order valence-electron chi connectivity index (χ0n) is 54.3. The Balaban J connectivity index is 4.04. The number of hydrogen-bond donors (Lipinski definition) is 3. The maximum absolute atomic E-state index is 13.1. The minimum atomic E-state index is -4.35. The van der Waals surface area contributed by atoms with Crippen molar-refractivity contribution >= 4 is 13.7 Å². The first-order valence-corrected chi connectivity index (χ1v) is 36.3. The highest BCUT2D eigenvalue weighted by Crippen LogP contribution is 2.43. The summed E-state index contributed by atoms with van der Waals surface area (Å²) < 4.78 is 23.8. The number of quaternary nitrogens is 1. The molecule has 8 nitrogen and oxygen atoms in total. The van der Waals surface area contributed by atoms with Crippen LogP contribution < -0.4 is 5.32 Å². The topological polar surface area (TPSA) is 105 Å². The van der Waals surface area contributed by atoms with Gasteiger partial charge >= 0.3 is 7.82 Å². The third-order valence-corrected chi connectivity index (χ3v) is 16.7. The molecule has 3 unspecified atom stereocenters. The third kappa shape index (κ3) is 65.3. The molecule has 0 fully saturated rings. The minimum absolute atomic E-state index is 0.0616. The van der Waals surface area contributed by atoms with Crippen LogP contribution in [0, 0.1) is 0 Å². The third-order valence-electron chi connectivity index (χ3n) is 15.7. The lowest BCUT2D eigenvalue weighted by molar-refractivity contribution is -0.870. The van der Waals surface area contributed by atoms with Gasteiger partial charge in [0.25, 0.3) is 0 Å². The van der Waals surface area contributed by atoms with E-state index in [9.17, 15) is 19.4 Å². The van der Waals surface area contributed by atoms with E-state index in [1.165, 1.54) is 238 Å². The molecule has 3 atom stereocenters. The van der Waals surface area contributed by atoms with Gasteiger partial charge in [0.2, 0.25) is 5.91 Å². The lowest BCUT2D eigenvalue weighted by Crippen LogP contribution is -2.45. The van der Waals surface area contributed by atoms with Gasteiger partial charge in [0.05, 0.1) is 39.9 Å². The first kappa shape index (κ1) is 78.9. The van der Waals surface area contributed by atoms with E-state index in [-0.39, 0.29) is 19.1 Å². The van der Waals surface area contributed by atoms with Crippen molar-refractivity contribution in [3.63, 3.8) is 0 Å². The second-order valence-corrected chi connectivity index (χ2v) is 26.3. The lowest BCUT2D eigenvalue weighted by atomic mass is 10.0. The van der Waals surface area contributed by atoms with Crippen LogP contribution >= 0.6 is 7.82 Å². The van der Waals surface area contributed by atoms with Crippen LogP contribution in [0.4, 0.5) is 0 Å². The molecule has 0 saturated heterocycles. The van der Waals surface area contributed by atoms with Gasteiger partial charge in [-0.1, -0.05) is 331 Å². The van der Waals surface area contributed by atoms with E-state index < -0.39 is 20.0 Å². The fraction of sp³-hybridized carbons (Fsp3) is 0.819. The highest BCUT2D eigenvalue weighted by atomic mass is 31.2. The number of allylic oxidation sites excluding steroid dienone is 11. The molecule has 474 valence electrons. The van der Waals surface area contributed by atoms with Gasteiger partial charge in [-0.3, -0.25) is 13.8 Å². The average Bonchev–Trinajstić information content (AvgIpc) is 3.43. The Hall–Kier alpha value is -2.06. The molecule has 0 aliphatic carbocycles. The number of rotatable bonds is 64. The largest absolute Gasteiger partial charge is 0.472 e. The van der Waals surface area contributed by atoms with Gasteiger partial charge in [-0.25, -0.2) is 4.57 Å². The molecule has 0 aliphatic rings. The SMILES string of the molecule is CC/C=C\C/C=C\C/C=C\C/C=C\C/C=C\CCCCCCCCCCCCCCCCCCCCCC(=O)NC(COP(=O)(O)OCC[N+](C)(C)C)C(O)/C=C/CCCCCCCCCCCCCCCCCCCCCCCC. The summed E-state index contributed by atoms with van der Waals surface area (Å²) in [6.45, 7) is 4.75. The van der Waals surface area contributed by atoms with E-state index in [1.54, 1.807) is 6.08 Å². The Labute approximate surface area is 504 Å². The van der Waals surface area contributed by atoms with E-state index in [0.29, 0.717) is 17.4 Å². The normalized spacial score (nSPS) is 14.1. The monoisotopic (exact) mass is 1160 g/mol. The van der Waals surface area contributed by atoms with E-state index in [0.717, 1.165) is 70.6 Å². The summed E-state index contributed by atoms with van der Waals surface area (Å²) in [5, 5.41) is 14.0. The Bertz CT molecular complexity index is 1550. The highest BCUT2D eigenvalue weighted by Gasteiger charge is 2.28. The van der Waals surface area contributed by atoms with Crippen LogP contribution in [0.25, 0.3) is 0 Å². The van der Waals surface area contributed by atoms with Crippen molar-refractivity contribution in [2.45, 2.75) is 341 Å². The van der Waals surface area contributed by atoms with Gasteiger partial charge in [0.15, 0.2) is 0 Å². The van der Waals surface area contributed by atoms with E-state index in [4.69, 9.17) is 9.05 Å². The van der Waals surface area contributed by atoms with Gasteiger partial charge in [-0.15, -0.1) is 0 Å². The molecule has 0 aliphatic heterocycles. The van der Waals surface area contributed by atoms with Crippen molar-refractivity contribution in [2.24, 2.45) is 0 Å². The summed E-state index contributed by atoms with van der Waals surface area (Å²) in [5.74, 6) is -0.172. The van der Waals surface area contributed by atoms with Gasteiger partial charge in [0.1, 0.15) is 13.2 Å². The summed E-state index contributed by atoms with van der Waals surface area (Å²) >= 11 is 0. The van der Waals surface area contributed by atoms with Crippen LogP contribution in [0.2, 0.25) is 0 Å². The summed E-state index contributed by atoms with van der Waals surface area (Å²) in [5.41, 5.74) is 0. The molecule has 81 heavy (non-hydrogen) atoms. The molecule has 0 rings (SSSR count). The fourth-order valence-corrected chi connectivity index (χ4v) is 11.0. The number of amides is 1. The predicted octanol–water partition coefficient (Wildman–Crippen LogP) is 22.2. The molecule has 0 radical (unpaired) electrons. The van der Waals surface area contributed by atoms with Crippen molar-refractivity contribution in [1.82, 2.24) is 5.32 Å². The van der Waals surface area contributed by atoms with Crippen LogP contribution in [-0.2, 0) is 18.4 Å². The van der Waals surface area contributed by atoms with Gasteiger partial charge < -0.3 is 19.8 Å². The van der Waals surface area contributed by atoms with Crippen LogP contribution in [-0.4, -0.2) is 73.4 Å². The van der Waals surface area contributed by atoms with Crippen LogP contribution in [0.3, 0.4) is 0 Å². The molecule has 0 heterocycles. The first-order valence-electron chi connectivity index (χ1n) is 34.8. The average molecular weight is 1160 g/mol. The molecule has 3 N–H and O–H groups in total. The van der Waals surface area contributed by atoms with Gasteiger partial charge in [-0.05, 0) is 64.2 Å². The van der Waals surface area contributed by atoms with Crippen LogP contribution in [0.1, 0.15) is 328 Å². The van der Waals surface area contributed by atoms with Crippen molar-refractivity contribution in [1.29, 1.82) is 0 Å². The number of likely N-dealkylation sites (N-methyl/N-ethyl adjacent to an activating group) is 1. The maximum Gasteiger partial charge on any atom is 0.472 e. The maximum atomic E-state index is 13.1. The van der Waals surface area contributed by atoms with Gasteiger partial charge in [-0.2, -0.15) is 0 Å².